The molecule has 0 aliphatic rings. The van der Waals surface area contributed by atoms with E-state index in [1.54, 1.807) is 17.4 Å². The van der Waals surface area contributed by atoms with Gasteiger partial charge in [0.2, 0.25) is 0 Å². The highest BCUT2D eigenvalue weighted by atomic mass is 79.9. The molecular formula is C14H15BrFNS. The Morgan fingerprint density at radius 1 is 1.33 bits per heavy atom. The second-order valence-electron chi connectivity index (χ2n) is 4.09. The Labute approximate surface area is 119 Å². The smallest absolute Gasteiger partial charge is 0.132 e. The van der Waals surface area contributed by atoms with Crippen molar-refractivity contribution in [2.45, 2.75) is 19.9 Å². The molecule has 0 saturated carbocycles. The molecule has 0 spiro atoms. The van der Waals surface area contributed by atoms with Crippen LogP contribution in [0.2, 0.25) is 0 Å². The summed E-state index contributed by atoms with van der Waals surface area (Å²) in [5.41, 5.74) is 1.65. The average Bonchev–Trinajstić information content (AvgIpc) is 2.76. The molecule has 0 bridgehead atoms. The van der Waals surface area contributed by atoms with E-state index in [-0.39, 0.29) is 5.82 Å². The van der Waals surface area contributed by atoms with E-state index < -0.39 is 0 Å². The number of nitrogens with one attached hydrogen (secondary N) is 1. The van der Waals surface area contributed by atoms with Gasteiger partial charge in [0.05, 0.1) is 4.88 Å². The van der Waals surface area contributed by atoms with Crippen LogP contribution in [0.25, 0.3) is 10.4 Å². The Kier molecular flexibility index (Phi) is 4.92. The molecule has 1 N–H and O–H groups in total. The summed E-state index contributed by atoms with van der Waals surface area (Å²) in [6, 6.07) is 7.39. The quantitative estimate of drug-likeness (QED) is 0.776. The normalized spacial score (nSPS) is 10.8. The molecule has 1 nitrogen and oxygen atoms in total. The number of hydrogen-bond acceptors (Lipinski definition) is 2. The summed E-state index contributed by atoms with van der Waals surface area (Å²) in [6.07, 6.45) is 1.09. The van der Waals surface area contributed by atoms with Gasteiger partial charge in [-0.25, -0.2) is 4.39 Å². The molecule has 0 aliphatic heterocycles. The van der Waals surface area contributed by atoms with Gasteiger partial charge in [0.25, 0.3) is 0 Å². The van der Waals surface area contributed by atoms with Crippen LogP contribution in [-0.4, -0.2) is 6.54 Å². The molecule has 0 amide bonds. The zero-order chi connectivity index (χ0) is 13.0. The van der Waals surface area contributed by atoms with Crippen molar-refractivity contribution in [3.63, 3.8) is 0 Å². The lowest BCUT2D eigenvalue weighted by Crippen LogP contribution is -2.13. The van der Waals surface area contributed by atoms with Crippen LogP contribution in [0.5, 0.6) is 0 Å². The summed E-state index contributed by atoms with van der Waals surface area (Å²) in [4.78, 5) is 0.945. The van der Waals surface area contributed by atoms with Crippen molar-refractivity contribution in [1.82, 2.24) is 5.32 Å². The van der Waals surface area contributed by atoms with Gasteiger partial charge >= 0.3 is 0 Å². The Morgan fingerprint density at radius 2 is 2.17 bits per heavy atom. The summed E-state index contributed by atoms with van der Waals surface area (Å²) < 4.78 is 15.0. The SMILES string of the molecule is CCCNCc1ccc(-c2sccc2Br)c(F)c1. The zero-order valence-electron chi connectivity index (χ0n) is 10.2. The molecule has 2 rings (SSSR count). The largest absolute Gasteiger partial charge is 0.313 e. The van der Waals surface area contributed by atoms with Gasteiger partial charge in [-0.3, -0.25) is 0 Å². The van der Waals surface area contributed by atoms with Crippen LogP contribution in [0.15, 0.2) is 34.1 Å². The van der Waals surface area contributed by atoms with Gasteiger partial charge < -0.3 is 5.32 Å². The minimum absolute atomic E-state index is 0.158. The molecule has 2 aromatic rings. The lowest BCUT2D eigenvalue weighted by atomic mass is 10.1. The lowest BCUT2D eigenvalue weighted by molar-refractivity contribution is 0.622. The number of hydrogen-bond donors (Lipinski definition) is 1. The second-order valence-corrected chi connectivity index (χ2v) is 5.86. The van der Waals surface area contributed by atoms with Crippen LogP contribution in [0, 0.1) is 5.82 Å². The van der Waals surface area contributed by atoms with E-state index in [1.807, 2.05) is 23.6 Å². The van der Waals surface area contributed by atoms with Gasteiger partial charge in [-0.2, -0.15) is 0 Å². The molecule has 1 heterocycles. The van der Waals surface area contributed by atoms with E-state index >= 15 is 0 Å². The third-order valence-electron chi connectivity index (χ3n) is 2.65. The monoisotopic (exact) mass is 327 g/mol. The van der Waals surface area contributed by atoms with Crippen LogP contribution >= 0.6 is 27.3 Å². The first-order chi connectivity index (χ1) is 8.72. The Morgan fingerprint density at radius 3 is 2.78 bits per heavy atom. The summed E-state index contributed by atoms with van der Waals surface area (Å²) in [5.74, 6) is -0.158. The molecule has 18 heavy (non-hydrogen) atoms. The third-order valence-corrected chi connectivity index (χ3v) is 4.52. The number of halogens is 2. The average molecular weight is 328 g/mol. The van der Waals surface area contributed by atoms with E-state index in [4.69, 9.17) is 0 Å². The van der Waals surface area contributed by atoms with Crippen molar-refractivity contribution in [3.8, 4) is 10.4 Å². The fourth-order valence-corrected chi connectivity index (χ4v) is 3.36. The molecule has 0 unspecified atom stereocenters. The van der Waals surface area contributed by atoms with Crippen molar-refractivity contribution in [3.05, 3.63) is 45.5 Å². The first-order valence-electron chi connectivity index (χ1n) is 5.95. The third kappa shape index (κ3) is 3.19. The van der Waals surface area contributed by atoms with Crippen LogP contribution in [0.4, 0.5) is 4.39 Å². The minimum Gasteiger partial charge on any atom is -0.313 e. The summed E-state index contributed by atoms with van der Waals surface area (Å²) in [7, 11) is 0. The first-order valence-corrected chi connectivity index (χ1v) is 7.62. The van der Waals surface area contributed by atoms with Crippen molar-refractivity contribution in [2.75, 3.05) is 6.54 Å². The van der Waals surface area contributed by atoms with Crippen LogP contribution in [-0.2, 0) is 6.54 Å². The fraction of sp³-hybridized carbons (Fsp3) is 0.286. The zero-order valence-corrected chi connectivity index (χ0v) is 12.6. The van der Waals surface area contributed by atoms with Crippen LogP contribution in [0.3, 0.4) is 0 Å². The molecule has 0 saturated heterocycles. The van der Waals surface area contributed by atoms with Gasteiger partial charge in [-0.1, -0.05) is 19.1 Å². The number of thiophene rings is 1. The first kappa shape index (κ1) is 13.7. The fourth-order valence-electron chi connectivity index (χ4n) is 1.75. The van der Waals surface area contributed by atoms with Gasteiger partial charge in [0.1, 0.15) is 5.82 Å². The Hall–Kier alpha value is -0.710. The molecule has 4 heteroatoms. The van der Waals surface area contributed by atoms with Gasteiger partial charge in [-0.15, -0.1) is 11.3 Å². The molecule has 1 aromatic heterocycles. The van der Waals surface area contributed by atoms with Gasteiger partial charge in [0, 0.05) is 16.6 Å². The maximum atomic E-state index is 14.1. The van der Waals surface area contributed by atoms with E-state index in [2.05, 4.69) is 28.2 Å². The van der Waals surface area contributed by atoms with Crippen molar-refractivity contribution in [2.24, 2.45) is 0 Å². The van der Waals surface area contributed by atoms with E-state index in [0.717, 1.165) is 34.4 Å². The topological polar surface area (TPSA) is 12.0 Å². The predicted molar refractivity (Wildman–Crippen MR) is 79.4 cm³/mol. The standard InChI is InChI=1S/C14H15BrFNS/c1-2-6-17-9-10-3-4-11(13(16)8-10)14-12(15)5-7-18-14/h3-5,7-8,17H,2,6,9H2,1H3. The molecule has 0 aliphatic carbocycles. The minimum atomic E-state index is -0.158. The summed E-state index contributed by atoms with van der Waals surface area (Å²) in [5, 5.41) is 5.22. The Bertz CT molecular complexity index is 524. The second kappa shape index (κ2) is 6.45. The maximum Gasteiger partial charge on any atom is 0.132 e. The van der Waals surface area contributed by atoms with E-state index in [9.17, 15) is 4.39 Å². The summed E-state index contributed by atoms with van der Waals surface area (Å²) >= 11 is 4.98. The van der Waals surface area contributed by atoms with Gasteiger partial charge in [0.15, 0.2) is 0 Å². The van der Waals surface area contributed by atoms with E-state index in [0.29, 0.717) is 5.56 Å². The van der Waals surface area contributed by atoms with Gasteiger partial charge in [-0.05, 0) is 52.0 Å². The highest BCUT2D eigenvalue weighted by molar-refractivity contribution is 9.10. The highest BCUT2D eigenvalue weighted by Gasteiger charge is 2.10. The molecule has 0 atom stereocenters. The molecule has 0 fully saturated rings. The van der Waals surface area contributed by atoms with Crippen LogP contribution < -0.4 is 5.32 Å². The predicted octanol–water partition coefficient (Wildman–Crippen LogP) is 4.82. The molecular weight excluding hydrogens is 313 g/mol. The Balaban J connectivity index is 2.18. The van der Waals surface area contributed by atoms with Crippen molar-refractivity contribution < 1.29 is 4.39 Å². The van der Waals surface area contributed by atoms with Crippen LogP contribution in [0.1, 0.15) is 18.9 Å². The number of rotatable bonds is 5. The summed E-state index contributed by atoms with van der Waals surface area (Å²) in [6.45, 7) is 3.79. The molecule has 0 radical (unpaired) electrons. The van der Waals surface area contributed by atoms with Crippen molar-refractivity contribution in [1.29, 1.82) is 0 Å². The van der Waals surface area contributed by atoms with Crippen molar-refractivity contribution >= 4 is 27.3 Å². The maximum absolute atomic E-state index is 14.1. The van der Waals surface area contributed by atoms with E-state index in [1.165, 1.54) is 0 Å². The number of benzene rings is 1. The molecule has 96 valence electrons. The molecule has 1 aromatic carbocycles. The lowest BCUT2D eigenvalue weighted by Gasteiger charge is -2.06. The highest BCUT2D eigenvalue weighted by Crippen LogP contribution is 2.35.